The van der Waals surface area contributed by atoms with Gasteiger partial charge in [0.15, 0.2) is 0 Å². The number of aliphatic hydroxyl groups excluding tert-OH is 1. The van der Waals surface area contributed by atoms with Gasteiger partial charge in [0, 0.05) is 6.54 Å². The van der Waals surface area contributed by atoms with Gasteiger partial charge in [0.2, 0.25) is 0 Å². The Balaban J connectivity index is 2.32. The molecule has 2 N–H and O–H groups in total. The largest absolute Gasteiger partial charge is 0.393 e. The summed E-state index contributed by atoms with van der Waals surface area (Å²) >= 11 is 0. The third-order valence-corrected chi connectivity index (χ3v) is 1.98. The number of hydrogen-bond donors (Lipinski definition) is 2. The number of aliphatic hydroxyl groups is 1. The Bertz CT molecular complexity index is 75.0. The lowest BCUT2D eigenvalue weighted by Gasteiger charge is -2.13. The van der Waals surface area contributed by atoms with Crippen molar-refractivity contribution in [2.45, 2.75) is 25.9 Å². The van der Waals surface area contributed by atoms with E-state index in [1.165, 1.54) is 0 Å². The van der Waals surface area contributed by atoms with Crippen molar-refractivity contribution in [2.24, 2.45) is 5.92 Å². The van der Waals surface area contributed by atoms with Crippen LogP contribution in [0, 0.1) is 5.92 Å². The fourth-order valence-electron chi connectivity index (χ4n) is 1.19. The van der Waals surface area contributed by atoms with Crippen LogP contribution in [-0.2, 0) is 0 Å². The topological polar surface area (TPSA) is 32.3 Å². The summed E-state index contributed by atoms with van der Waals surface area (Å²) in [4.78, 5) is 0. The molecule has 2 nitrogen and oxygen atoms in total. The minimum absolute atomic E-state index is 0.0694. The molecule has 1 aliphatic rings. The summed E-state index contributed by atoms with van der Waals surface area (Å²) in [7, 11) is 0. The third-order valence-electron chi connectivity index (χ3n) is 1.98. The molecule has 0 aromatic carbocycles. The molecule has 0 unspecified atom stereocenters. The monoisotopic (exact) mass is 129 g/mol. The Hall–Kier alpha value is -0.0800. The maximum absolute atomic E-state index is 9.32. The third kappa shape index (κ3) is 1.95. The molecule has 0 amide bonds. The molecule has 0 spiro atoms. The van der Waals surface area contributed by atoms with Gasteiger partial charge in [-0.05, 0) is 25.3 Å². The molecule has 1 aliphatic heterocycles. The van der Waals surface area contributed by atoms with E-state index in [0.717, 1.165) is 25.9 Å². The highest BCUT2D eigenvalue weighted by Gasteiger charge is 2.15. The smallest absolute Gasteiger partial charge is 0.0578 e. The van der Waals surface area contributed by atoms with Crippen LogP contribution in [0.5, 0.6) is 0 Å². The molecule has 1 rings (SSSR count). The standard InChI is InChI=1S/C7H15NO/c1-6-5-8-4-2-3-7(6)9/h6-9H,2-5H2,1H3/t6-,7-/m0/s1. The first-order valence-corrected chi connectivity index (χ1v) is 3.69. The van der Waals surface area contributed by atoms with E-state index in [4.69, 9.17) is 0 Å². The van der Waals surface area contributed by atoms with Gasteiger partial charge in [0.25, 0.3) is 0 Å². The molecule has 0 bridgehead atoms. The molecule has 1 heterocycles. The molecule has 54 valence electrons. The molecule has 2 heteroatoms. The van der Waals surface area contributed by atoms with Crippen LogP contribution in [-0.4, -0.2) is 24.3 Å². The molecule has 0 radical (unpaired) electrons. The van der Waals surface area contributed by atoms with Crippen molar-refractivity contribution in [1.82, 2.24) is 5.32 Å². The van der Waals surface area contributed by atoms with Crippen LogP contribution >= 0.6 is 0 Å². The predicted molar refractivity (Wildman–Crippen MR) is 37.3 cm³/mol. The van der Waals surface area contributed by atoms with Gasteiger partial charge >= 0.3 is 0 Å². The van der Waals surface area contributed by atoms with Gasteiger partial charge in [-0.15, -0.1) is 0 Å². The Morgan fingerprint density at radius 2 is 2.33 bits per heavy atom. The maximum atomic E-state index is 9.32. The van der Waals surface area contributed by atoms with Crippen LogP contribution in [0.3, 0.4) is 0 Å². The SMILES string of the molecule is C[C@H]1CNCCC[C@@H]1O. The van der Waals surface area contributed by atoms with Gasteiger partial charge in [-0.25, -0.2) is 0 Å². The second-order valence-corrected chi connectivity index (χ2v) is 2.89. The van der Waals surface area contributed by atoms with Gasteiger partial charge in [-0.2, -0.15) is 0 Å². The van der Waals surface area contributed by atoms with E-state index in [1.807, 2.05) is 0 Å². The molecular weight excluding hydrogens is 114 g/mol. The fourth-order valence-corrected chi connectivity index (χ4v) is 1.19. The van der Waals surface area contributed by atoms with Crippen LogP contribution in [0.15, 0.2) is 0 Å². The highest BCUT2D eigenvalue weighted by Crippen LogP contribution is 2.10. The molecule has 0 aromatic rings. The average Bonchev–Trinajstić information content (AvgIpc) is 1.99. The van der Waals surface area contributed by atoms with Crippen molar-refractivity contribution < 1.29 is 5.11 Å². The lowest BCUT2D eigenvalue weighted by molar-refractivity contribution is 0.115. The maximum Gasteiger partial charge on any atom is 0.0578 e. The normalized spacial score (nSPS) is 38.0. The van der Waals surface area contributed by atoms with Crippen molar-refractivity contribution in [3.63, 3.8) is 0 Å². The fraction of sp³-hybridized carbons (Fsp3) is 1.00. The molecule has 9 heavy (non-hydrogen) atoms. The summed E-state index contributed by atoms with van der Waals surface area (Å²) in [6.07, 6.45) is 2.01. The van der Waals surface area contributed by atoms with E-state index in [0.29, 0.717) is 5.92 Å². The number of rotatable bonds is 0. The summed E-state index contributed by atoms with van der Waals surface area (Å²) in [5.74, 6) is 0.437. The number of hydrogen-bond acceptors (Lipinski definition) is 2. The molecule has 0 saturated carbocycles. The molecular formula is C7H15NO. The lowest BCUT2D eigenvalue weighted by Crippen LogP contribution is -2.24. The van der Waals surface area contributed by atoms with E-state index in [1.54, 1.807) is 0 Å². The first kappa shape index (κ1) is 7.03. The predicted octanol–water partition coefficient (Wildman–Crippen LogP) is 0.367. The zero-order valence-corrected chi connectivity index (χ0v) is 5.93. The van der Waals surface area contributed by atoms with Gasteiger partial charge in [0.1, 0.15) is 0 Å². The Labute approximate surface area is 56.3 Å². The zero-order chi connectivity index (χ0) is 6.69. The minimum atomic E-state index is -0.0694. The van der Waals surface area contributed by atoms with Crippen molar-refractivity contribution in [3.05, 3.63) is 0 Å². The number of nitrogens with one attached hydrogen (secondary N) is 1. The van der Waals surface area contributed by atoms with Gasteiger partial charge < -0.3 is 10.4 Å². The van der Waals surface area contributed by atoms with Crippen LogP contribution in [0.25, 0.3) is 0 Å². The van der Waals surface area contributed by atoms with E-state index >= 15 is 0 Å². The van der Waals surface area contributed by atoms with E-state index in [-0.39, 0.29) is 6.10 Å². The second kappa shape index (κ2) is 3.18. The quantitative estimate of drug-likeness (QED) is 0.495. The van der Waals surface area contributed by atoms with Crippen molar-refractivity contribution in [2.75, 3.05) is 13.1 Å². The summed E-state index contributed by atoms with van der Waals surface area (Å²) < 4.78 is 0. The average molecular weight is 129 g/mol. The van der Waals surface area contributed by atoms with Crippen LogP contribution < -0.4 is 5.32 Å². The Morgan fingerprint density at radius 1 is 1.56 bits per heavy atom. The lowest BCUT2D eigenvalue weighted by atomic mass is 10.0. The summed E-state index contributed by atoms with van der Waals surface area (Å²) in [5, 5.41) is 12.6. The summed E-state index contributed by atoms with van der Waals surface area (Å²) in [5.41, 5.74) is 0. The zero-order valence-electron chi connectivity index (χ0n) is 5.93. The van der Waals surface area contributed by atoms with Crippen LogP contribution in [0.4, 0.5) is 0 Å². The van der Waals surface area contributed by atoms with Crippen LogP contribution in [0.1, 0.15) is 19.8 Å². The van der Waals surface area contributed by atoms with Gasteiger partial charge in [-0.1, -0.05) is 6.92 Å². The second-order valence-electron chi connectivity index (χ2n) is 2.89. The Kier molecular flexibility index (Phi) is 2.49. The first-order chi connectivity index (χ1) is 4.30. The Morgan fingerprint density at radius 3 is 3.11 bits per heavy atom. The minimum Gasteiger partial charge on any atom is -0.393 e. The van der Waals surface area contributed by atoms with E-state index in [2.05, 4.69) is 12.2 Å². The van der Waals surface area contributed by atoms with Crippen molar-refractivity contribution in [3.8, 4) is 0 Å². The van der Waals surface area contributed by atoms with Gasteiger partial charge in [-0.3, -0.25) is 0 Å². The highest BCUT2D eigenvalue weighted by atomic mass is 16.3. The molecule has 0 aliphatic carbocycles. The molecule has 2 atom stereocenters. The molecule has 0 aromatic heterocycles. The molecule has 1 saturated heterocycles. The highest BCUT2D eigenvalue weighted by molar-refractivity contribution is 4.70. The van der Waals surface area contributed by atoms with Crippen molar-refractivity contribution >= 4 is 0 Å². The van der Waals surface area contributed by atoms with Crippen LogP contribution in [0.2, 0.25) is 0 Å². The first-order valence-electron chi connectivity index (χ1n) is 3.69. The van der Waals surface area contributed by atoms with Crippen molar-refractivity contribution in [1.29, 1.82) is 0 Å². The summed E-state index contributed by atoms with van der Waals surface area (Å²) in [6.45, 7) is 4.13. The van der Waals surface area contributed by atoms with Gasteiger partial charge in [0.05, 0.1) is 6.10 Å². The molecule has 1 fully saturated rings. The van der Waals surface area contributed by atoms with E-state index in [9.17, 15) is 5.11 Å². The summed E-state index contributed by atoms with van der Waals surface area (Å²) in [6, 6.07) is 0. The van der Waals surface area contributed by atoms with E-state index < -0.39 is 0 Å².